The van der Waals surface area contributed by atoms with E-state index in [2.05, 4.69) is 65.7 Å². The van der Waals surface area contributed by atoms with E-state index in [1.165, 1.54) is 54.4 Å². The maximum atomic E-state index is 12.2. The van der Waals surface area contributed by atoms with E-state index in [0.717, 1.165) is 17.8 Å². The molecule has 1 aliphatic rings. The van der Waals surface area contributed by atoms with Crippen molar-refractivity contribution in [3.63, 3.8) is 0 Å². The van der Waals surface area contributed by atoms with E-state index in [1.54, 1.807) is 0 Å². The Hall–Kier alpha value is -2.88. The number of H-pyrrole nitrogens is 1. The molecule has 1 saturated carbocycles. The van der Waals surface area contributed by atoms with Crippen LogP contribution < -0.4 is 5.73 Å². The fraction of sp³-hybridized carbons (Fsp3) is 0.385. The number of carbonyl (C=O) groups is 1. The molecule has 2 aromatic carbocycles. The third-order valence-corrected chi connectivity index (χ3v) is 6.37. The van der Waals surface area contributed by atoms with E-state index in [-0.39, 0.29) is 0 Å². The molecule has 1 fully saturated rings. The first kappa shape index (κ1) is 20.4. The van der Waals surface area contributed by atoms with Gasteiger partial charge < -0.3 is 5.73 Å². The largest absolute Gasteiger partial charge is 0.365 e. The van der Waals surface area contributed by atoms with Crippen LogP contribution in [0.5, 0.6) is 0 Å². The van der Waals surface area contributed by atoms with Crippen LogP contribution in [0.1, 0.15) is 82.0 Å². The zero-order chi connectivity index (χ0) is 20.9. The van der Waals surface area contributed by atoms with Gasteiger partial charge in [-0.1, -0.05) is 73.4 Å². The standard InChI is InChI=1S/C26H31N3O/c1-18-7-9-19(10-8-18)13-16-23-25(26(27)30)24(29-28-23)17-20-11-14-22(15-12-20)21-5-3-2-4-6-21/h7-12,14-15,21H,2-6,13,16-17H2,1H3,(H2,27,30)(H,28,29). The number of aromatic amines is 1. The molecular formula is C26H31N3O. The molecular weight excluding hydrogens is 370 g/mol. The SMILES string of the molecule is Cc1ccc(CCc2n[nH]c(Cc3ccc(C4CCCCC4)cc3)c2C(N)=O)cc1. The van der Waals surface area contributed by atoms with E-state index in [0.29, 0.717) is 24.3 Å². The maximum absolute atomic E-state index is 12.2. The summed E-state index contributed by atoms with van der Waals surface area (Å²) in [5.74, 6) is 0.297. The van der Waals surface area contributed by atoms with Gasteiger partial charge in [0, 0.05) is 6.42 Å². The molecule has 3 aromatic rings. The van der Waals surface area contributed by atoms with Crippen molar-refractivity contribution in [3.05, 3.63) is 87.7 Å². The molecule has 0 bridgehead atoms. The zero-order valence-corrected chi connectivity index (χ0v) is 17.8. The lowest BCUT2D eigenvalue weighted by molar-refractivity contribution is 0.0998. The molecule has 4 heteroatoms. The van der Waals surface area contributed by atoms with Gasteiger partial charge in [-0.15, -0.1) is 0 Å². The minimum absolute atomic E-state index is 0.406. The van der Waals surface area contributed by atoms with Crippen molar-refractivity contribution < 1.29 is 4.79 Å². The lowest BCUT2D eigenvalue weighted by atomic mass is 9.84. The first-order valence-electron chi connectivity index (χ1n) is 11.1. The Morgan fingerprint density at radius 1 is 0.967 bits per heavy atom. The molecule has 0 spiro atoms. The van der Waals surface area contributed by atoms with Gasteiger partial charge in [0.05, 0.1) is 17.0 Å². The highest BCUT2D eigenvalue weighted by atomic mass is 16.1. The van der Waals surface area contributed by atoms with Crippen molar-refractivity contribution in [3.8, 4) is 0 Å². The van der Waals surface area contributed by atoms with Gasteiger partial charge in [-0.3, -0.25) is 9.89 Å². The fourth-order valence-electron chi connectivity index (χ4n) is 4.59. The molecule has 1 amide bonds. The summed E-state index contributed by atoms with van der Waals surface area (Å²) in [6.45, 7) is 2.08. The van der Waals surface area contributed by atoms with Gasteiger partial charge in [0.1, 0.15) is 0 Å². The molecule has 156 valence electrons. The molecule has 3 N–H and O–H groups in total. The molecule has 4 nitrogen and oxygen atoms in total. The van der Waals surface area contributed by atoms with Gasteiger partial charge in [0.2, 0.25) is 0 Å². The minimum atomic E-state index is -0.406. The summed E-state index contributed by atoms with van der Waals surface area (Å²) >= 11 is 0. The highest BCUT2D eigenvalue weighted by molar-refractivity contribution is 5.95. The number of nitrogens with zero attached hydrogens (tertiary/aromatic N) is 1. The van der Waals surface area contributed by atoms with Crippen molar-refractivity contribution in [1.29, 1.82) is 0 Å². The Bertz CT molecular complexity index is 980. The molecule has 0 saturated heterocycles. The molecule has 1 heterocycles. The number of nitrogens with two attached hydrogens (primary N) is 1. The van der Waals surface area contributed by atoms with Crippen molar-refractivity contribution in [2.75, 3.05) is 0 Å². The Labute approximate surface area is 178 Å². The number of aryl methyl sites for hydroxylation is 3. The van der Waals surface area contributed by atoms with Crippen molar-refractivity contribution in [2.24, 2.45) is 5.73 Å². The molecule has 1 aliphatic carbocycles. The highest BCUT2D eigenvalue weighted by Gasteiger charge is 2.19. The topological polar surface area (TPSA) is 71.8 Å². The third-order valence-electron chi connectivity index (χ3n) is 6.37. The third kappa shape index (κ3) is 4.81. The van der Waals surface area contributed by atoms with Crippen LogP contribution in [0.25, 0.3) is 0 Å². The maximum Gasteiger partial charge on any atom is 0.252 e. The van der Waals surface area contributed by atoms with Crippen LogP contribution in [0, 0.1) is 6.92 Å². The van der Waals surface area contributed by atoms with Crippen LogP contribution in [0.3, 0.4) is 0 Å². The van der Waals surface area contributed by atoms with Gasteiger partial charge >= 0.3 is 0 Å². The number of aromatic nitrogens is 2. The smallest absolute Gasteiger partial charge is 0.252 e. The van der Waals surface area contributed by atoms with Crippen LogP contribution in [-0.4, -0.2) is 16.1 Å². The van der Waals surface area contributed by atoms with Gasteiger partial charge in [-0.2, -0.15) is 5.10 Å². The minimum Gasteiger partial charge on any atom is -0.365 e. The predicted octanol–water partition coefficient (Wildman–Crippen LogP) is 5.24. The molecule has 30 heavy (non-hydrogen) atoms. The summed E-state index contributed by atoms with van der Waals surface area (Å²) in [6.07, 6.45) is 8.82. The first-order valence-corrected chi connectivity index (χ1v) is 11.1. The van der Waals surface area contributed by atoms with E-state index in [4.69, 9.17) is 5.73 Å². The van der Waals surface area contributed by atoms with Crippen LogP contribution in [0.4, 0.5) is 0 Å². The summed E-state index contributed by atoms with van der Waals surface area (Å²) in [5, 5.41) is 7.51. The lowest BCUT2D eigenvalue weighted by Crippen LogP contribution is -2.15. The second-order valence-corrected chi connectivity index (χ2v) is 8.63. The van der Waals surface area contributed by atoms with Crippen LogP contribution in [0.2, 0.25) is 0 Å². The average Bonchev–Trinajstić information content (AvgIpc) is 3.17. The summed E-state index contributed by atoms with van der Waals surface area (Å²) in [7, 11) is 0. The van der Waals surface area contributed by atoms with Gasteiger partial charge in [0.25, 0.3) is 5.91 Å². The summed E-state index contributed by atoms with van der Waals surface area (Å²) < 4.78 is 0. The van der Waals surface area contributed by atoms with E-state index in [1.807, 2.05) is 0 Å². The lowest BCUT2D eigenvalue weighted by Gasteiger charge is -2.22. The van der Waals surface area contributed by atoms with E-state index >= 15 is 0 Å². The second kappa shape index (κ2) is 9.29. The predicted molar refractivity (Wildman–Crippen MR) is 121 cm³/mol. The molecule has 0 unspecified atom stereocenters. The Morgan fingerprint density at radius 2 is 1.63 bits per heavy atom. The first-order chi connectivity index (χ1) is 14.6. The Kier molecular flexibility index (Phi) is 6.32. The van der Waals surface area contributed by atoms with Gasteiger partial charge in [0.15, 0.2) is 0 Å². The number of carbonyl (C=O) groups excluding carboxylic acids is 1. The molecule has 0 atom stereocenters. The molecule has 0 radical (unpaired) electrons. The van der Waals surface area contributed by atoms with Crippen LogP contribution >= 0.6 is 0 Å². The van der Waals surface area contributed by atoms with Crippen molar-refractivity contribution in [2.45, 2.75) is 64.2 Å². The fourth-order valence-corrected chi connectivity index (χ4v) is 4.59. The molecule has 4 rings (SSSR count). The molecule has 0 aliphatic heterocycles. The summed E-state index contributed by atoms with van der Waals surface area (Å²) in [6, 6.07) is 17.3. The quantitative estimate of drug-likeness (QED) is 0.568. The Balaban J connectivity index is 1.46. The summed E-state index contributed by atoms with van der Waals surface area (Å²) in [5.41, 5.74) is 12.9. The zero-order valence-electron chi connectivity index (χ0n) is 17.8. The number of hydrogen-bond donors (Lipinski definition) is 2. The molecule has 1 aromatic heterocycles. The van der Waals surface area contributed by atoms with Crippen molar-refractivity contribution in [1.82, 2.24) is 10.2 Å². The number of amides is 1. The number of hydrogen-bond acceptors (Lipinski definition) is 2. The van der Waals surface area contributed by atoms with Gasteiger partial charge in [-0.05, 0) is 55.2 Å². The number of benzene rings is 2. The highest BCUT2D eigenvalue weighted by Crippen LogP contribution is 2.32. The number of primary amides is 1. The summed E-state index contributed by atoms with van der Waals surface area (Å²) in [4.78, 5) is 12.2. The Morgan fingerprint density at radius 3 is 2.30 bits per heavy atom. The van der Waals surface area contributed by atoms with Crippen LogP contribution in [0.15, 0.2) is 48.5 Å². The van der Waals surface area contributed by atoms with Gasteiger partial charge in [-0.25, -0.2) is 0 Å². The monoisotopic (exact) mass is 401 g/mol. The average molecular weight is 402 g/mol. The van der Waals surface area contributed by atoms with E-state index in [9.17, 15) is 4.79 Å². The number of nitrogens with one attached hydrogen (secondary N) is 1. The second-order valence-electron chi connectivity index (χ2n) is 8.63. The van der Waals surface area contributed by atoms with Crippen LogP contribution in [-0.2, 0) is 19.3 Å². The van der Waals surface area contributed by atoms with Crippen molar-refractivity contribution >= 4 is 5.91 Å². The number of rotatable bonds is 7. The normalized spacial score (nSPS) is 14.7. The van der Waals surface area contributed by atoms with E-state index < -0.39 is 5.91 Å².